The van der Waals surface area contributed by atoms with Crippen molar-refractivity contribution in [3.05, 3.63) is 70.0 Å². The van der Waals surface area contributed by atoms with Gasteiger partial charge in [-0.15, -0.1) is 0 Å². The molecule has 7 nitrogen and oxygen atoms in total. The van der Waals surface area contributed by atoms with Crippen molar-refractivity contribution < 1.29 is 9.21 Å². The van der Waals surface area contributed by atoms with Gasteiger partial charge in [-0.1, -0.05) is 30.3 Å². The highest BCUT2D eigenvalue weighted by Crippen LogP contribution is 2.22. The van der Waals surface area contributed by atoms with E-state index >= 15 is 0 Å². The van der Waals surface area contributed by atoms with Gasteiger partial charge in [0, 0.05) is 18.7 Å². The molecule has 3 aromatic heterocycles. The van der Waals surface area contributed by atoms with Crippen LogP contribution < -0.4 is 10.9 Å². The Morgan fingerprint density at radius 3 is 2.70 bits per heavy atom. The molecule has 0 radical (unpaired) electrons. The Morgan fingerprint density at radius 2 is 1.93 bits per heavy atom. The lowest BCUT2D eigenvalue weighted by Gasteiger charge is -2.09. The fourth-order valence-corrected chi connectivity index (χ4v) is 3.31. The molecule has 4 rings (SSSR count). The Labute approximate surface area is 155 Å². The van der Waals surface area contributed by atoms with Gasteiger partial charge >= 0.3 is 0 Å². The molecule has 0 fully saturated rings. The van der Waals surface area contributed by atoms with Gasteiger partial charge in [0.15, 0.2) is 5.58 Å². The van der Waals surface area contributed by atoms with Gasteiger partial charge in [0.1, 0.15) is 23.6 Å². The van der Waals surface area contributed by atoms with Crippen molar-refractivity contribution in [1.29, 1.82) is 0 Å². The van der Waals surface area contributed by atoms with E-state index in [1.54, 1.807) is 17.4 Å². The van der Waals surface area contributed by atoms with E-state index in [0.717, 1.165) is 23.3 Å². The van der Waals surface area contributed by atoms with Crippen LogP contribution in [0.2, 0.25) is 0 Å². The molecule has 0 atom stereocenters. The normalized spacial score (nSPS) is 11.3. The zero-order valence-electron chi connectivity index (χ0n) is 15.2. The quantitative estimate of drug-likeness (QED) is 0.589. The van der Waals surface area contributed by atoms with Gasteiger partial charge in [-0.25, -0.2) is 4.68 Å². The molecule has 0 spiro atoms. The second kappa shape index (κ2) is 6.75. The molecule has 4 aromatic rings. The maximum atomic E-state index is 12.7. The summed E-state index contributed by atoms with van der Waals surface area (Å²) in [7, 11) is 0. The number of aryl methyl sites for hydroxylation is 2. The minimum Gasteiger partial charge on any atom is -0.460 e. The number of amides is 1. The predicted octanol–water partition coefficient (Wildman–Crippen LogP) is 2.22. The van der Waals surface area contributed by atoms with E-state index in [1.807, 2.05) is 43.3 Å². The van der Waals surface area contributed by atoms with Crippen LogP contribution in [-0.4, -0.2) is 26.6 Å². The molecule has 0 aliphatic heterocycles. The molecule has 3 heterocycles. The number of carbonyl (C=O) groups is 1. The highest BCUT2D eigenvalue weighted by molar-refractivity contribution is 5.83. The molecule has 0 aliphatic rings. The largest absolute Gasteiger partial charge is 0.460 e. The lowest BCUT2D eigenvalue weighted by molar-refractivity contribution is -0.121. The molecule has 1 N–H and O–H groups in total. The fourth-order valence-electron chi connectivity index (χ4n) is 3.31. The van der Waals surface area contributed by atoms with Gasteiger partial charge in [0.25, 0.3) is 5.56 Å². The van der Waals surface area contributed by atoms with Crippen LogP contribution in [0, 0.1) is 13.8 Å². The van der Waals surface area contributed by atoms with Crippen molar-refractivity contribution in [1.82, 2.24) is 19.5 Å². The summed E-state index contributed by atoms with van der Waals surface area (Å²) < 4.78 is 8.57. The first-order valence-electron chi connectivity index (χ1n) is 8.83. The Bertz CT molecular complexity index is 1180. The first kappa shape index (κ1) is 17.1. The summed E-state index contributed by atoms with van der Waals surface area (Å²) in [4.78, 5) is 25.0. The molecule has 0 saturated carbocycles. The summed E-state index contributed by atoms with van der Waals surface area (Å²) >= 11 is 0. The summed E-state index contributed by atoms with van der Waals surface area (Å²) in [5.74, 6) is 1.16. The van der Waals surface area contributed by atoms with E-state index in [0.29, 0.717) is 23.5 Å². The number of aromatic nitrogens is 3. The van der Waals surface area contributed by atoms with Crippen molar-refractivity contribution in [2.24, 2.45) is 0 Å². The van der Waals surface area contributed by atoms with Crippen LogP contribution >= 0.6 is 0 Å². The van der Waals surface area contributed by atoms with Crippen LogP contribution in [0.25, 0.3) is 16.6 Å². The summed E-state index contributed by atoms with van der Waals surface area (Å²) in [5.41, 5.74) is 2.73. The number of nitrogens with one attached hydrogen (secondary N) is 1. The van der Waals surface area contributed by atoms with Gasteiger partial charge in [-0.05, 0) is 25.8 Å². The van der Waals surface area contributed by atoms with Gasteiger partial charge in [-0.2, -0.15) is 5.10 Å². The zero-order chi connectivity index (χ0) is 19.0. The van der Waals surface area contributed by atoms with E-state index in [4.69, 9.17) is 4.42 Å². The van der Waals surface area contributed by atoms with Crippen molar-refractivity contribution in [2.45, 2.75) is 26.8 Å². The first-order chi connectivity index (χ1) is 13.0. The fraction of sp³-hybridized carbons (Fsp3) is 0.250. The third-order valence-corrected chi connectivity index (χ3v) is 4.53. The standard InChI is InChI=1S/C20H20N4O3/c1-13-10-16-18(27-13)11-17-20(26)23(22-14(2)24(16)17)12-19(25)21-9-8-15-6-4-3-5-7-15/h3-7,10-11H,8-9,12H2,1-2H3,(H,21,25). The van der Waals surface area contributed by atoms with Crippen LogP contribution in [0.4, 0.5) is 0 Å². The van der Waals surface area contributed by atoms with Gasteiger partial charge in [0.05, 0.1) is 5.52 Å². The third-order valence-electron chi connectivity index (χ3n) is 4.53. The molecule has 0 bridgehead atoms. The summed E-state index contributed by atoms with van der Waals surface area (Å²) in [6, 6.07) is 13.5. The van der Waals surface area contributed by atoms with Crippen LogP contribution in [0.15, 0.2) is 51.7 Å². The number of hydrogen-bond acceptors (Lipinski definition) is 4. The molecule has 1 amide bonds. The van der Waals surface area contributed by atoms with E-state index in [-0.39, 0.29) is 18.0 Å². The third kappa shape index (κ3) is 3.23. The van der Waals surface area contributed by atoms with Gasteiger partial charge < -0.3 is 9.73 Å². The Balaban J connectivity index is 1.52. The van der Waals surface area contributed by atoms with E-state index in [9.17, 15) is 9.59 Å². The highest BCUT2D eigenvalue weighted by atomic mass is 16.3. The Morgan fingerprint density at radius 1 is 1.15 bits per heavy atom. The zero-order valence-corrected chi connectivity index (χ0v) is 15.2. The number of rotatable bonds is 5. The SMILES string of the molecule is Cc1cc2c(cc3c(=O)n(CC(=O)NCCc4ccccc4)nc(C)n32)o1. The van der Waals surface area contributed by atoms with Crippen molar-refractivity contribution in [2.75, 3.05) is 6.54 Å². The molecule has 1 aromatic carbocycles. The minimum atomic E-state index is -0.317. The lowest BCUT2D eigenvalue weighted by Crippen LogP contribution is -2.35. The monoisotopic (exact) mass is 364 g/mol. The number of fused-ring (bicyclic) bond motifs is 3. The smallest absolute Gasteiger partial charge is 0.291 e. The second-order valence-corrected chi connectivity index (χ2v) is 6.57. The number of furan rings is 1. The molecular weight excluding hydrogens is 344 g/mol. The van der Waals surface area contributed by atoms with E-state index < -0.39 is 0 Å². The van der Waals surface area contributed by atoms with Crippen LogP contribution in [0.5, 0.6) is 0 Å². The average molecular weight is 364 g/mol. The maximum Gasteiger partial charge on any atom is 0.291 e. The van der Waals surface area contributed by atoms with E-state index in [2.05, 4.69) is 10.4 Å². The number of hydrogen-bond donors (Lipinski definition) is 1. The average Bonchev–Trinajstić information content (AvgIpc) is 3.16. The molecule has 0 saturated heterocycles. The molecule has 138 valence electrons. The van der Waals surface area contributed by atoms with E-state index in [1.165, 1.54) is 4.68 Å². The number of benzene rings is 1. The van der Waals surface area contributed by atoms with Gasteiger partial charge in [-0.3, -0.25) is 14.0 Å². The molecular formula is C20H20N4O3. The topological polar surface area (TPSA) is 81.5 Å². The number of nitrogens with zero attached hydrogens (tertiary/aromatic N) is 3. The maximum absolute atomic E-state index is 12.7. The van der Waals surface area contributed by atoms with Crippen LogP contribution in [-0.2, 0) is 17.8 Å². The van der Waals surface area contributed by atoms with Crippen molar-refractivity contribution in [3.63, 3.8) is 0 Å². The predicted molar refractivity (Wildman–Crippen MR) is 102 cm³/mol. The Kier molecular flexibility index (Phi) is 4.27. The Hall–Kier alpha value is -3.35. The van der Waals surface area contributed by atoms with Crippen LogP contribution in [0.1, 0.15) is 17.1 Å². The second-order valence-electron chi connectivity index (χ2n) is 6.57. The molecule has 0 unspecified atom stereocenters. The van der Waals surface area contributed by atoms with Gasteiger partial charge in [0.2, 0.25) is 5.91 Å². The summed E-state index contributed by atoms with van der Waals surface area (Å²) in [5, 5.41) is 7.14. The summed E-state index contributed by atoms with van der Waals surface area (Å²) in [6.45, 7) is 4.06. The first-order valence-corrected chi connectivity index (χ1v) is 8.83. The summed E-state index contributed by atoms with van der Waals surface area (Å²) in [6.07, 6.45) is 0.738. The van der Waals surface area contributed by atoms with Crippen molar-refractivity contribution >= 4 is 22.5 Å². The molecule has 27 heavy (non-hydrogen) atoms. The molecule has 7 heteroatoms. The molecule has 0 aliphatic carbocycles. The minimum absolute atomic E-state index is 0.115. The lowest BCUT2D eigenvalue weighted by atomic mass is 10.1. The van der Waals surface area contributed by atoms with Crippen molar-refractivity contribution in [3.8, 4) is 0 Å². The van der Waals surface area contributed by atoms with Crippen LogP contribution in [0.3, 0.4) is 0 Å². The highest BCUT2D eigenvalue weighted by Gasteiger charge is 2.16. The number of carbonyl (C=O) groups excluding carboxylic acids is 1.